The molecule has 28 heavy (non-hydrogen) atoms. The molecule has 3 aromatic rings. The highest BCUT2D eigenvalue weighted by Gasteiger charge is 2.30. The quantitative estimate of drug-likeness (QED) is 0.676. The SMILES string of the molecule is CC(C)[C@H](NC(=O)OCc1ccccc1)C(O)c1nc2cc(C#N)ccc2o1. The molecule has 1 heterocycles. The lowest BCUT2D eigenvalue weighted by Crippen LogP contribution is -2.43. The number of aliphatic hydroxyl groups excluding tert-OH is 1. The van der Waals surface area contributed by atoms with Crippen molar-refractivity contribution in [2.24, 2.45) is 5.92 Å². The highest BCUT2D eigenvalue weighted by Crippen LogP contribution is 2.26. The van der Waals surface area contributed by atoms with E-state index in [4.69, 9.17) is 14.4 Å². The zero-order valence-corrected chi connectivity index (χ0v) is 15.6. The van der Waals surface area contributed by atoms with Crippen molar-refractivity contribution >= 4 is 17.2 Å². The van der Waals surface area contributed by atoms with E-state index in [-0.39, 0.29) is 18.4 Å². The molecule has 0 saturated heterocycles. The molecule has 2 N–H and O–H groups in total. The zero-order valence-electron chi connectivity index (χ0n) is 15.6. The minimum atomic E-state index is -1.16. The first-order valence-electron chi connectivity index (χ1n) is 8.94. The molecule has 0 spiro atoms. The predicted octanol–water partition coefficient (Wildman–Crippen LogP) is 3.68. The van der Waals surface area contributed by atoms with Crippen molar-refractivity contribution in [3.05, 3.63) is 65.5 Å². The summed E-state index contributed by atoms with van der Waals surface area (Å²) in [6.45, 7) is 3.86. The van der Waals surface area contributed by atoms with Gasteiger partial charge in [-0.3, -0.25) is 0 Å². The molecule has 3 rings (SSSR count). The molecule has 1 amide bonds. The van der Waals surface area contributed by atoms with Crippen molar-refractivity contribution in [1.82, 2.24) is 10.3 Å². The maximum atomic E-state index is 12.2. The number of benzene rings is 2. The summed E-state index contributed by atoms with van der Waals surface area (Å²) in [5, 5.41) is 22.4. The number of hydrogen-bond donors (Lipinski definition) is 2. The van der Waals surface area contributed by atoms with Crippen LogP contribution in [-0.4, -0.2) is 22.2 Å². The van der Waals surface area contributed by atoms with E-state index in [1.807, 2.05) is 50.2 Å². The number of nitrogens with zero attached hydrogens (tertiary/aromatic N) is 2. The van der Waals surface area contributed by atoms with Crippen molar-refractivity contribution in [2.45, 2.75) is 32.6 Å². The molecule has 0 fully saturated rings. The Morgan fingerprint density at radius 3 is 2.71 bits per heavy atom. The molecule has 7 nitrogen and oxygen atoms in total. The van der Waals surface area contributed by atoms with Gasteiger partial charge in [0.2, 0.25) is 5.89 Å². The average Bonchev–Trinajstić information content (AvgIpc) is 3.13. The monoisotopic (exact) mass is 379 g/mol. The van der Waals surface area contributed by atoms with Gasteiger partial charge in [-0.05, 0) is 29.7 Å². The number of aromatic nitrogens is 1. The van der Waals surface area contributed by atoms with Gasteiger partial charge in [0.05, 0.1) is 17.7 Å². The highest BCUT2D eigenvalue weighted by molar-refractivity contribution is 5.74. The minimum absolute atomic E-state index is 0.0761. The second-order valence-electron chi connectivity index (χ2n) is 6.77. The van der Waals surface area contributed by atoms with Crippen LogP contribution in [0, 0.1) is 17.2 Å². The van der Waals surface area contributed by atoms with Gasteiger partial charge in [-0.1, -0.05) is 44.2 Å². The lowest BCUT2D eigenvalue weighted by molar-refractivity contribution is 0.0701. The summed E-state index contributed by atoms with van der Waals surface area (Å²) in [5.74, 6) is -0.0314. The molecule has 2 aromatic carbocycles. The van der Waals surface area contributed by atoms with Crippen LogP contribution in [0.4, 0.5) is 4.79 Å². The van der Waals surface area contributed by atoms with Crippen molar-refractivity contribution in [1.29, 1.82) is 5.26 Å². The second kappa shape index (κ2) is 8.55. The van der Waals surface area contributed by atoms with E-state index in [1.54, 1.807) is 18.2 Å². The summed E-state index contributed by atoms with van der Waals surface area (Å²) in [5.41, 5.74) is 2.25. The molecular weight excluding hydrogens is 358 g/mol. The van der Waals surface area contributed by atoms with Crippen LogP contribution < -0.4 is 5.32 Å². The Bertz CT molecular complexity index is 992. The molecule has 0 radical (unpaired) electrons. The third kappa shape index (κ3) is 4.48. The van der Waals surface area contributed by atoms with Crippen molar-refractivity contribution in [3.63, 3.8) is 0 Å². The number of ether oxygens (including phenoxy) is 1. The average molecular weight is 379 g/mol. The van der Waals surface area contributed by atoms with Gasteiger partial charge >= 0.3 is 6.09 Å². The summed E-state index contributed by atoms with van der Waals surface area (Å²) in [6, 6.07) is 15.5. The van der Waals surface area contributed by atoms with Crippen molar-refractivity contribution in [3.8, 4) is 6.07 Å². The van der Waals surface area contributed by atoms with Gasteiger partial charge < -0.3 is 19.6 Å². The summed E-state index contributed by atoms with van der Waals surface area (Å²) in [6.07, 6.45) is -1.80. The lowest BCUT2D eigenvalue weighted by atomic mass is 9.98. The second-order valence-corrected chi connectivity index (χ2v) is 6.77. The van der Waals surface area contributed by atoms with Crippen LogP contribution in [-0.2, 0) is 11.3 Å². The first kappa shape index (κ1) is 19.4. The van der Waals surface area contributed by atoms with Crippen LogP contribution in [0.1, 0.15) is 37.0 Å². The molecule has 2 atom stereocenters. The predicted molar refractivity (Wildman–Crippen MR) is 102 cm³/mol. The normalized spacial score (nSPS) is 13.1. The van der Waals surface area contributed by atoms with E-state index >= 15 is 0 Å². The maximum absolute atomic E-state index is 12.2. The molecule has 0 aliphatic carbocycles. The summed E-state index contributed by atoms with van der Waals surface area (Å²) < 4.78 is 10.8. The number of rotatable bonds is 6. The van der Waals surface area contributed by atoms with E-state index in [0.717, 1.165) is 5.56 Å². The van der Waals surface area contributed by atoms with Gasteiger partial charge in [0.15, 0.2) is 11.7 Å². The Kier molecular flexibility index (Phi) is 5.92. The van der Waals surface area contributed by atoms with Crippen LogP contribution >= 0.6 is 0 Å². The summed E-state index contributed by atoms with van der Waals surface area (Å²) in [4.78, 5) is 16.5. The number of hydrogen-bond acceptors (Lipinski definition) is 6. The van der Waals surface area contributed by atoms with E-state index in [9.17, 15) is 9.90 Å². The molecule has 0 aliphatic heterocycles. The van der Waals surface area contributed by atoms with E-state index in [2.05, 4.69) is 10.3 Å². The first-order chi connectivity index (χ1) is 13.5. The standard InChI is InChI=1S/C21H21N3O4/c1-13(2)18(24-21(26)27-12-14-6-4-3-5-7-14)19(25)20-23-16-10-15(11-22)8-9-17(16)28-20/h3-10,13,18-19,25H,12H2,1-2H3,(H,24,26)/t18-,19?/m0/s1. The number of carbonyl (C=O) groups is 1. The van der Waals surface area contributed by atoms with Gasteiger partial charge in [-0.15, -0.1) is 0 Å². The Morgan fingerprint density at radius 1 is 1.29 bits per heavy atom. The summed E-state index contributed by atoms with van der Waals surface area (Å²) >= 11 is 0. The molecule has 0 bridgehead atoms. The van der Waals surface area contributed by atoms with E-state index in [1.165, 1.54) is 0 Å². The van der Waals surface area contributed by atoms with Gasteiger partial charge in [0, 0.05) is 0 Å². The Labute approximate surface area is 162 Å². The number of oxazole rings is 1. The van der Waals surface area contributed by atoms with Gasteiger partial charge in [0.1, 0.15) is 12.1 Å². The maximum Gasteiger partial charge on any atom is 0.407 e. The molecule has 144 valence electrons. The van der Waals surface area contributed by atoms with Gasteiger partial charge in [-0.2, -0.15) is 5.26 Å². The number of nitriles is 1. The number of carbonyl (C=O) groups excluding carboxylic acids is 1. The number of nitrogens with one attached hydrogen (secondary N) is 1. The third-order valence-electron chi connectivity index (χ3n) is 4.34. The molecule has 1 unspecified atom stereocenters. The van der Waals surface area contributed by atoms with E-state index in [0.29, 0.717) is 16.7 Å². The number of alkyl carbamates (subject to hydrolysis) is 1. The molecule has 0 aliphatic rings. The molecular formula is C21H21N3O4. The molecule has 1 aromatic heterocycles. The van der Waals surface area contributed by atoms with Crippen LogP contribution in [0.3, 0.4) is 0 Å². The molecule has 7 heteroatoms. The van der Waals surface area contributed by atoms with Crippen LogP contribution in [0.15, 0.2) is 52.9 Å². The number of fused-ring (bicyclic) bond motifs is 1. The Morgan fingerprint density at radius 2 is 2.04 bits per heavy atom. The Hall–Kier alpha value is -3.37. The first-order valence-corrected chi connectivity index (χ1v) is 8.94. The number of aliphatic hydroxyl groups is 1. The van der Waals surface area contributed by atoms with Gasteiger partial charge in [-0.25, -0.2) is 9.78 Å². The van der Waals surface area contributed by atoms with Crippen LogP contribution in [0.25, 0.3) is 11.1 Å². The van der Waals surface area contributed by atoms with Crippen LogP contribution in [0.5, 0.6) is 0 Å². The third-order valence-corrected chi connectivity index (χ3v) is 4.34. The van der Waals surface area contributed by atoms with Crippen molar-refractivity contribution in [2.75, 3.05) is 0 Å². The zero-order chi connectivity index (χ0) is 20.1. The fourth-order valence-electron chi connectivity index (χ4n) is 2.81. The molecule has 0 saturated carbocycles. The summed E-state index contributed by atoms with van der Waals surface area (Å²) in [7, 11) is 0. The largest absolute Gasteiger partial charge is 0.445 e. The van der Waals surface area contributed by atoms with Gasteiger partial charge in [0.25, 0.3) is 0 Å². The highest BCUT2D eigenvalue weighted by atomic mass is 16.5. The van der Waals surface area contributed by atoms with Crippen molar-refractivity contribution < 1.29 is 19.1 Å². The Balaban J connectivity index is 1.70. The number of amides is 1. The fraction of sp³-hybridized carbons (Fsp3) is 0.286. The minimum Gasteiger partial charge on any atom is -0.445 e. The smallest absolute Gasteiger partial charge is 0.407 e. The van der Waals surface area contributed by atoms with Crippen LogP contribution in [0.2, 0.25) is 0 Å². The lowest BCUT2D eigenvalue weighted by Gasteiger charge is -2.25. The fourth-order valence-corrected chi connectivity index (χ4v) is 2.81. The van der Waals surface area contributed by atoms with E-state index < -0.39 is 18.2 Å². The topological polar surface area (TPSA) is 108 Å².